The molecule has 1 N–H and O–H groups in total. The molecule has 4 heterocycles. The van der Waals surface area contributed by atoms with Gasteiger partial charge in [-0.05, 0) is 61.2 Å². The highest BCUT2D eigenvalue weighted by molar-refractivity contribution is 5.99. The molecule has 2 unspecified atom stereocenters. The standard InChI is InChI=1S/C30H33N5O/c1-22(24-7-5-14-31-20-24)30(36)35-25(12-11-23-6-2-3-9-28(23)35)21-33-16-18-34(19-17-33)29-10-4-8-27-26(29)13-15-32-27/h2-10,13-15,20,22,25,32H,11-12,16-19,21H2,1H3. The van der Waals surface area contributed by atoms with Crippen molar-refractivity contribution in [3.8, 4) is 0 Å². The number of carbonyl (C=O) groups is 1. The summed E-state index contributed by atoms with van der Waals surface area (Å²) in [6.07, 6.45) is 7.60. The number of nitrogens with zero attached hydrogens (tertiary/aromatic N) is 4. The molecular weight excluding hydrogens is 446 g/mol. The minimum Gasteiger partial charge on any atom is -0.368 e. The van der Waals surface area contributed by atoms with Crippen molar-refractivity contribution in [2.45, 2.75) is 31.7 Å². The van der Waals surface area contributed by atoms with Gasteiger partial charge in [0.1, 0.15) is 0 Å². The monoisotopic (exact) mass is 479 g/mol. The lowest BCUT2D eigenvalue weighted by atomic mass is 9.92. The summed E-state index contributed by atoms with van der Waals surface area (Å²) in [5.41, 5.74) is 5.81. The van der Waals surface area contributed by atoms with Crippen LogP contribution < -0.4 is 9.80 Å². The van der Waals surface area contributed by atoms with E-state index >= 15 is 0 Å². The van der Waals surface area contributed by atoms with Gasteiger partial charge in [0.2, 0.25) is 5.91 Å². The fourth-order valence-corrected chi connectivity index (χ4v) is 5.87. The number of pyridine rings is 1. The Balaban J connectivity index is 1.19. The van der Waals surface area contributed by atoms with Crippen molar-refractivity contribution >= 4 is 28.2 Å². The number of nitrogens with one attached hydrogen (secondary N) is 1. The van der Waals surface area contributed by atoms with Crippen molar-refractivity contribution in [3.05, 3.63) is 90.4 Å². The largest absolute Gasteiger partial charge is 0.368 e. The summed E-state index contributed by atoms with van der Waals surface area (Å²) in [7, 11) is 0. The molecule has 6 nitrogen and oxygen atoms in total. The average Bonchev–Trinajstić information content (AvgIpc) is 3.42. The SMILES string of the molecule is CC(C(=O)N1c2ccccc2CCC1CN1CCN(c2cccc3[nH]ccc23)CC1)c1cccnc1. The van der Waals surface area contributed by atoms with Crippen LogP contribution in [0.1, 0.15) is 30.4 Å². The van der Waals surface area contributed by atoms with Crippen molar-refractivity contribution in [1.29, 1.82) is 0 Å². The van der Waals surface area contributed by atoms with E-state index in [0.717, 1.165) is 56.8 Å². The van der Waals surface area contributed by atoms with Crippen LogP contribution in [0.3, 0.4) is 0 Å². The Morgan fingerprint density at radius 2 is 1.83 bits per heavy atom. The van der Waals surface area contributed by atoms with E-state index in [4.69, 9.17) is 0 Å². The Kier molecular flexibility index (Phi) is 6.20. The van der Waals surface area contributed by atoms with Crippen LogP contribution in [0.4, 0.5) is 11.4 Å². The number of H-pyrrole nitrogens is 1. The van der Waals surface area contributed by atoms with E-state index in [1.54, 1.807) is 6.20 Å². The highest BCUT2D eigenvalue weighted by Crippen LogP contribution is 2.34. The van der Waals surface area contributed by atoms with Crippen LogP contribution in [0.15, 0.2) is 79.3 Å². The zero-order valence-corrected chi connectivity index (χ0v) is 20.8. The van der Waals surface area contributed by atoms with Crippen molar-refractivity contribution in [3.63, 3.8) is 0 Å². The lowest BCUT2D eigenvalue weighted by molar-refractivity contribution is -0.120. The third kappa shape index (κ3) is 4.26. The number of carbonyl (C=O) groups excluding carboxylic acids is 1. The van der Waals surface area contributed by atoms with Gasteiger partial charge in [0.15, 0.2) is 0 Å². The van der Waals surface area contributed by atoms with Gasteiger partial charge in [-0.3, -0.25) is 14.7 Å². The van der Waals surface area contributed by atoms with E-state index in [1.807, 2.05) is 31.5 Å². The fraction of sp³-hybridized carbons (Fsp3) is 0.333. The number of fused-ring (bicyclic) bond motifs is 2. The van der Waals surface area contributed by atoms with Crippen molar-refractivity contribution in [2.24, 2.45) is 0 Å². The number of anilines is 2. The molecule has 2 atom stereocenters. The summed E-state index contributed by atoms with van der Waals surface area (Å²) in [6.45, 7) is 6.90. The van der Waals surface area contributed by atoms with E-state index in [-0.39, 0.29) is 17.9 Å². The molecule has 1 saturated heterocycles. The maximum Gasteiger partial charge on any atom is 0.234 e. The lowest BCUT2D eigenvalue weighted by Crippen LogP contribution is -2.54. The molecule has 1 amide bonds. The molecular formula is C30H33N5O. The van der Waals surface area contributed by atoms with E-state index in [2.05, 4.69) is 73.2 Å². The normalized spacial score (nSPS) is 19.3. The summed E-state index contributed by atoms with van der Waals surface area (Å²) in [5, 5.41) is 1.29. The second-order valence-corrected chi connectivity index (χ2v) is 10.0. The zero-order chi connectivity index (χ0) is 24.5. The average molecular weight is 480 g/mol. The molecule has 2 aromatic carbocycles. The highest BCUT2D eigenvalue weighted by atomic mass is 16.2. The van der Waals surface area contributed by atoms with Crippen LogP contribution in [0.5, 0.6) is 0 Å². The molecule has 2 aliphatic heterocycles. The van der Waals surface area contributed by atoms with Crippen LogP contribution in [-0.4, -0.2) is 59.5 Å². The highest BCUT2D eigenvalue weighted by Gasteiger charge is 2.35. The first-order valence-corrected chi connectivity index (χ1v) is 13.0. The van der Waals surface area contributed by atoms with Gasteiger partial charge in [0, 0.05) is 79.6 Å². The van der Waals surface area contributed by atoms with Gasteiger partial charge in [-0.1, -0.05) is 30.3 Å². The zero-order valence-electron chi connectivity index (χ0n) is 20.8. The van der Waals surface area contributed by atoms with Gasteiger partial charge in [0.25, 0.3) is 0 Å². The Morgan fingerprint density at radius 3 is 2.67 bits per heavy atom. The second-order valence-electron chi connectivity index (χ2n) is 10.0. The molecule has 4 aromatic rings. The topological polar surface area (TPSA) is 55.5 Å². The lowest BCUT2D eigenvalue weighted by Gasteiger charge is -2.43. The Hall–Kier alpha value is -3.64. The number of piperazine rings is 1. The first kappa shape index (κ1) is 22.8. The number of aromatic nitrogens is 2. The minimum absolute atomic E-state index is 0.165. The maximum atomic E-state index is 13.9. The number of para-hydroxylation sites is 1. The maximum absolute atomic E-state index is 13.9. The smallest absolute Gasteiger partial charge is 0.234 e. The first-order valence-electron chi connectivity index (χ1n) is 13.0. The predicted molar refractivity (Wildman–Crippen MR) is 146 cm³/mol. The van der Waals surface area contributed by atoms with E-state index in [9.17, 15) is 4.79 Å². The third-order valence-corrected chi connectivity index (χ3v) is 7.91. The molecule has 2 aliphatic rings. The molecule has 36 heavy (non-hydrogen) atoms. The fourth-order valence-electron chi connectivity index (χ4n) is 5.87. The molecule has 0 spiro atoms. The second kappa shape index (κ2) is 9.78. The van der Waals surface area contributed by atoms with E-state index in [0.29, 0.717) is 0 Å². The molecule has 0 bridgehead atoms. The first-order chi connectivity index (χ1) is 17.7. The van der Waals surface area contributed by atoms with Crippen molar-refractivity contribution < 1.29 is 4.79 Å². The summed E-state index contributed by atoms with van der Waals surface area (Å²) in [5.74, 6) is -0.0658. The van der Waals surface area contributed by atoms with Gasteiger partial charge >= 0.3 is 0 Å². The molecule has 0 radical (unpaired) electrons. The quantitative estimate of drug-likeness (QED) is 0.445. The van der Waals surface area contributed by atoms with Gasteiger partial charge in [-0.25, -0.2) is 0 Å². The Labute approximate surface area is 212 Å². The van der Waals surface area contributed by atoms with Gasteiger partial charge < -0.3 is 14.8 Å². The van der Waals surface area contributed by atoms with E-state index in [1.165, 1.54) is 22.2 Å². The number of aromatic amines is 1. The van der Waals surface area contributed by atoms with E-state index < -0.39 is 0 Å². The molecule has 0 saturated carbocycles. The molecule has 0 aliphatic carbocycles. The summed E-state index contributed by atoms with van der Waals surface area (Å²) in [6, 6.07) is 21.2. The number of benzene rings is 2. The summed E-state index contributed by atoms with van der Waals surface area (Å²) in [4.78, 5) is 28.6. The van der Waals surface area contributed by atoms with Crippen molar-refractivity contribution in [1.82, 2.24) is 14.9 Å². The Bertz CT molecular complexity index is 1340. The number of amides is 1. The van der Waals surface area contributed by atoms with Gasteiger partial charge in [-0.15, -0.1) is 0 Å². The summed E-state index contributed by atoms with van der Waals surface area (Å²) < 4.78 is 0. The molecule has 6 heteroatoms. The number of aryl methyl sites for hydroxylation is 1. The van der Waals surface area contributed by atoms with Crippen LogP contribution in [0.2, 0.25) is 0 Å². The molecule has 2 aromatic heterocycles. The van der Waals surface area contributed by atoms with Crippen LogP contribution in [0.25, 0.3) is 10.9 Å². The number of hydrogen-bond acceptors (Lipinski definition) is 4. The molecule has 1 fully saturated rings. The third-order valence-electron chi connectivity index (χ3n) is 7.91. The van der Waals surface area contributed by atoms with Crippen LogP contribution in [-0.2, 0) is 11.2 Å². The minimum atomic E-state index is -0.231. The van der Waals surface area contributed by atoms with Gasteiger partial charge in [0.05, 0.1) is 5.92 Å². The number of hydrogen-bond donors (Lipinski definition) is 1. The molecule has 184 valence electrons. The predicted octanol–water partition coefficient (Wildman–Crippen LogP) is 4.84. The van der Waals surface area contributed by atoms with Crippen LogP contribution in [0, 0.1) is 0 Å². The van der Waals surface area contributed by atoms with Gasteiger partial charge in [-0.2, -0.15) is 0 Å². The Morgan fingerprint density at radius 1 is 1.00 bits per heavy atom. The number of rotatable bonds is 5. The molecule has 6 rings (SSSR count). The van der Waals surface area contributed by atoms with Crippen LogP contribution >= 0.6 is 0 Å². The van der Waals surface area contributed by atoms with Crippen molar-refractivity contribution in [2.75, 3.05) is 42.5 Å². The summed E-state index contributed by atoms with van der Waals surface area (Å²) >= 11 is 0.